The van der Waals surface area contributed by atoms with Crippen LogP contribution in [0.15, 0.2) is 12.2 Å². The SMILES string of the molecule is O=CC1CCCCC/C=C\CCCCCCCCO1. The molecule has 1 aliphatic heterocycles. The summed E-state index contributed by atoms with van der Waals surface area (Å²) in [6.07, 6.45) is 20.0. The highest BCUT2D eigenvalue weighted by Crippen LogP contribution is 2.11. The van der Waals surface area contributed by atoms with Gasteiger partial charge in [0, 0.05) is 6.61 Å². The van der Waals surface area contributed by atoms with E-state index in [1.54, 1.807) is 0 Å². The van der Waals surface area contributed by atoms with Gasteiger partial charge >= 0.3 is 0 Å². The van der Waals surface area contributed by atoms with E-state index >= 15 is 0 Å². The van der Waals surface area contributed by atoms with Gasteiger partial charge in [-0.05, 0) is 38.5 Å². The third-order valence-electron chi connectivity index (χ3n) is 3.77. The Kier molecular flexibility index (Phi) is 10.7. The van der Waals surface area contributed by atoms with Crippen molar-refractivity contribution in [1.82, 2.24) is 0 Å². The van der Waals surface area contributed by atoms with Crippen molar-refractivity contribution in [2.45, 2.75) is 83.2 Å². The molecule has 1 aliphatic rings. The van der Waals surface area contributed by atoms with Gasteiger partial charge in [0.2, 0.25) is 0 Å². The summed E-state index contributed by atoms with van der Waals surface area (Å²) in [4.78, 5) is 10.9. The van der Waals surface area contributed by atoms with Crippen LogP contribution in [-0.4, -0.2) is 19.0 Å². The summed E-state index contributed by atoms with van der Waals surface area (Å²) >= 11 is 0. The predicted molar refractivity (Wildman–Crippen MR) is 80.3 cm³/mol. The second-order valence-electron chi connectivity index (χ2n) is 5.56. The standard InChI is InChI=1S/C17H30O2/c18-16-17-14-12-10-8-6-4-2-1-3-5-7-9-11-13-15-19-17/h2,4,16-17H,1,3,5-15H2/b4-2-. The smallest absolute Gasteiger partial charge is 0.148 e. The largest absolute Gasteiger partial charge is 0.371 e. The van der Waals surface area contributed by atoms with E-state index in [-0.39, 0.29) is 6.10 Å². The van der Waals surface area contributed by atoms with E-state index < -0.39 is 0 Å². The van der Waals surface area contributed by atoms with Crippen LogP contribution in [0.5, 0.6) is 0 Å². The van der Waals surface area contributed by atoms with Crippen LogP contribution in [-0.2, 0) is 9.53 Å². The molecule has 19 heavy (non-hydrogen) atoms. The highest BCUT2D eigenvalue weighted by molar-refractivity contribution is 5.55. The van der Waals surface area contributed by atoms with Crippen molar-refractivity contribution in [1.29, 1.82) is 0 Å². The maximum Gasteiger partial charge on any atom is 0.148 e. The summed E-state index contributed by atoms with van der Waals surface area (Å²) in [6.45, 7) is 0.755. The lowest BCUT2D eigenvalue weighted by Gasteiger charge is -2.11. The molecule has 0 amide bonds. The maximum absolute atomic E-state index is 10.9. The molecular formula is C17H30O2. The molecule has 0 spiro atoms. The monoisotopic (exact) mass is 266 g/mol. The van der Waals surface area contributed by atoms with Crippen molar-refractivity contribution in [3.8, 4) is 0 Å². The van der Waals surface area contributed by atoms with Crippen LogP contribution in [0.1, 0.15) is 77.0 Å². The van der Waals surface area contributed by atoms with Crippen molar-refractivity contribution in [2.24, 2.45) is 0 Å². The molecule has 0 aromatic rings. The molecule has 0 aliphatic carbocycles. The molecule has 0 aromatic heterocycles. The highest BCUT2D eigenvalue weighted by Gasteiger charge is 2.06. The van der Waals surface area contributed by atoms with Crippen LogP contribution in [0.2, 0.25) is 0 Å². The molecule has 2 heteroatoms. The first kappa shape index (κ1) is 16.4. The van der Waals surface area contributed by atoms with Gasteiger partial charge in [-0.25, -0.2) is 0 Å². The normalized spacial score (nSPS) is 27.3. The molecule has 0 saturated heterocycles. The van der Waals surface area contributed by atoms with Crippen LogP contribution in [0.4, 0.5) is 0 Å². The molecule has 0 aromatic carbocycles. The van der Waals surface area contributed by atoms with Gasteiger partial charge in [0.15, 0.2) is 0 Å². The van der Waals surface area contributed by atoms with E-state index in [4.69, 9.17) is 4.74 Å². The minimum absolute atomic E-state index is 0.161. The maximum atomic E-state index is 10.9. The zero-order valence-corrected chi connectivity index (χ0v) is 12.3. The highest BCUT2D eigenvalue weighted by atomic mass is 16.5. The summed E-state index contributed by atoms with van der Waals surface area (Å²) in [6, 6.07) is 0. The lowest BCUT2D eigenvalue weighted by atomic mass is 10.1. The summed E-state index contributed by atoms with van der Waals surface area (Å²) in [5.41, 5.74) is 0. The van der Waals surface area contributed by atoms with E-state index in [0.29, 0.717) is 0 Å². The molecule has 0 radical (unpaired) electrons. The summed E-state index contributed by atoms with van der Waals surface area (Å²) in [5.74, 6) is 0. The number of rotatable bonds is 1. The molecule has 110 valence electrons. The van der Waals surface area contributed by atoms with Gasteiger partial charge in [0.05, 0.1) is 0 Å². The number of allylic oxidation sites excluding steroid dienone is 2. The number of carbonyl (C=O) groups is 1. The van der Waals surface area contributed by atoms with Crippen LogP contribution in [0, 0.1) is 0 Å². The van der Waals surface area contributed by atoms with Crippen LogP contribution >= 0.6 is 0 Å². The number of hydrogen-bond donors (Lipinski definition) is 0. The predicted octanol–water partition coefficient (Wildman–Crippen LogP) is 4.82. The molecule has 0 fully saturated rings. The molecular weight excluding hydrogens is 236 g/mol. The topological polar surface area (TPSA) is 26.3 Å². The minimum Gasteiger partial charge on any atom is -0.371 e. The molecule has 0 saturated carbocycles. The fourth-order valence-corrected chi connectivity index (χ4v) is 2.52. The molecule has 1 atom stereocenters. The first-order valence-electron chi connectivity index (χ1n) is 8.15. The van der Waals surface area contributed by atoms with Crippen LogP contribution < -0.4 is 0 Å². The van der Waals surface area contributed by atoms with E-state index in [1.807, 2.05) is 0 Å². The molecule has 0 N–H and O–H groups in total. The van der Waals surface area contributed by atoms with E-state index in [2.05, 4.69) is 12.2 Å². The van der Waals surface area contributed by atoms with Crippen LogP contribution in [0.3, 0.4) is 0 Å². The minimum atomic E-state index is -0.161. The number of aldehydes is 1. The Labute approximate surface area is 118 Å². The van der Waals surface area contributed by atoms with Gasteiger partial charge < -0.3 is 9.53 Å². The molecule has 1 heterocycles. The van der Waals surface area contributed by atoms with Crippen molar-refractivity contribution in [3.63, 3.8) is 0 Å². The first-order chi connectivity index (χ1) is 9.43. The van der Waals surface area contributed by atoms with E-state index in [1.165, 1.54) is 57.8 Å². The third kappa shape index (κ3) is 9.89. The van der Waals surface area contributed by atoms with Gasteiger partial charge in [-0.3, -0.25) is 0 Å². The van der Waals surface area contributed by atoms with Gasteiger partial charge in [0.1, 0.15) is 12.4 Å². The second kappa shape index (κ2) is 12.4. The Balaban J connectivity index is 2.23. The fourth-order valence-electron chi connectivity index (χ4n) is 2.52. The Morgan fingerprint density at radius 2 is 1.37 bits per heavy atom. The van der Waals surface area contributed by atoms with Crippen molar-refractivity contribution < 1.29 is 9.53 Å². The van der Waals surface area contributed by atoms with Crippen molar-refractivity contribution in [2.75, 3.05) is 6.61 Å². The average Bonchev–Trinajstić information content (AvgIpc) is 2.44. The fraction of sp³-hybridized carbons (Fsp3) is 0.824. The molecule has 1 unspecified atom stereocenters. The summed E-state index contributed by atoms with van der Waals surface area (Å²) in [7, 11) is 0. The molecule has 0 bridgehead atoms. The van der Waals surface area contributed by atoms with Crippen molar-refractivity contribution in [3.05, 3.63) is 12.2 Å². The van der Waals surface area contributed by atoms with Crippen LogP contribution in [0.25, 0.3) is 0 Å². The summed E-state index contributed by atoms with van der Waals surface area (Å²) < 4.78 is 5.63. The van der Waals surface area contributed by atoms with E-state index in [9.17, 15) is 4.79 Å². The van der Waals surface area contributed by atoms with Gasteiger partial charge in [-0.15, -0.1) is 0 Å². The number of ether oxygens (including phenoxy) is 1. The Morgan fingerprint density at radius 3 is 2.05 bits per heavy atom. The van der Waals surface area contributed by atoms with E-state index in [0.717, 1.165) is 32.2 Å². The third-order valence-corrected chi connectivity index (χ3v) is 3.77. The lowest BCUT2D eigenvalue weighted by molar-refractivity contribution is -0.118. The number of carbonyl (C=O) groups excluding carboxylic acids is 1. The summed E-state index contributed by atoms with van der Waals surface area (Å²) in [5, 5.41) is 0. The Bertz CT molecular complexity index is 235. The number of hydrogen-bond acceptors (Lipinski definition) is 2. The van der Waals surface area contributed by atoms with Crippen molar-refractivity contribution >= 4 is 6.29 Å². The Morgan fingerprint density at radius 1 is 0.789 bits per heavy atom. The second-order valence-corrected chi connectivity index (χ2v) is 5.56. The molecule has 2 nitrogen and oxygen atoms in total. The van der Waals surface area contributed by atoms with Gasteiger partial charge in [0.25, 0.3) is 0 Å². The first-order valence-corrected chi connectivity index (χ1v) is 8.15. The zero-order chi connectivity index (χ0) is 13.6. The van der Waals surface area contributed by atoms with Gasteiger partial charge in [-0.2, -0.15) is 0 Å². The zero-order valence-electron chi connectivity index (χ0n) is 12.3. The Hall–Kier alpha value is -0.630. The lowest BCUT2D eigenvalue weighted by Crippen LogP contribution is -2.15. The molecule has 1 rings (SSSR count). The quantitative estimate of drug-likeness (QED) is 0.502. The average molecular weight is 266 g/mol. The van der Waals surface area contributed by atoms with Gasteiger partial charge in [-0.1, -0.05) is 50.7 Å².